The van der Waals surface area contributed by atoms with Crippen molar-refractivity contribution in [2.45, 2.75) is 0 Å². The second-order valence-electron chi connectivity index (χ2n) is 2.10. The molecule has 0 atom stereocenters. The topological polar surface area (TPSA) is 62.2 Å². The molecule has 0 fully saturated rings. The molecule has 0 aliphatic rings. The zero-order chi connectivity index (χ0) is 9.14. The lowest BCUT2D eigenvalue weighted by Gasteiger charge is -2.01. The van der Waals surface area contributed by atoms with E-state index >= 15 is 0 Å². The average molecular weight is 231 g/mol. The van der Waals surface area contributed by atoms with E-state index in [9.17, 15) is 4.79 Å². The molecular formula is C7H7BrN2O2. The molecule has 0 aliphatic heterocycles. The van der Waals surface area contributed by atoms with Gasteiger partial charge in [0.2, 0.25) is 0 Å². The standard InChI is InChI=1S/C7H7BrN2O2/c1-9-6-2-4(7(11)12)5(8)3-10-6/h2-3H,1H3,(H,9,10)(H,11,12). The van der Waals surface area contributed by atoms with Crippen molar-refractivity contribution in [1.29, 1.82) is 0 Å². The number of carbonyl (C=O) groups is 1. The van der Waals surface area contributed by atoms with Crippen molar-refractivity contribution in [1.82, 2.24) is 4.98 Å². The number of nitrogens with one attached hydrogen (secondary N) is 1. The maximum absolute atomic E-state index is 10.6. The van der Waals surface area contributed by atoms with Gasteiger partial charge in [-0.15, -0.1) is 0 Å². The molecule has 0 saturated carbocycles. The first-order chi connectivity index (χ1) is 5.65. The minimum atomic E-state index is -0.972. The van der Waals surface area contributed by atoms with E-state index in [-0.39, 0.29) is 5.56 Å². The Labute approximate surface area is 77.8 Å². The van der Waals surface area contributed by atoms with Crippen molar-refractivity contribution in [3.05, 3.63) is 22.3 Å². The first kappa shape index (κ1) is 8.99. The molecule has 0 radical (unpaired) electrons. The van der Waals surface area contributed by atoms with Crippen molar-refractivity contribution in [3.8, 4) is 0 Å². The summed E-state index contributed by atoms with van der Waals surface area (Å²) in [7, 11) is 1.68. The summed E-state index contributed by atoms with van der Waals surface area (Å²) in [4.78, 5) is 14.5. The van der Waals surface area contributed by atoms with Crippen LogP contribution in [-0.4, -0.2) is 23.1 Å². The molecule has 5 heteroatoms. The Kier molecular flexibility index (Phi) is 2.65. The molecule has 2 N–H and O–H groups in total. The number of aromatic nitrogens is 1. The molecule has 1 heterocycles. The largest absolute Gasteiger partial charge is 0.478 e. The summed E-state index contributed by atoms with van der Waals surface area (Å²) in [6.07, 6.45) is 1.45. The molecule has 0 amide bonds. The van der Waals surface area contributed by atoms with Crippen LogP contribution in [0.5, 0.6) is 0 Å². The normalized spacial score (nSPS) is 9.50. The summed E-state index contributed by atoms with van der Waals surface area (Å²) in [6.45, 7) is 0. The molecular weight excluding hydrogens is 224 g/mol. The predicted octanol–water partition coefficient (Wildman–Crippen LogP) is 1.58. The van der Waals surface area contributed by atoms with Crippen LogP contribution in [0.1, 0.15) is 10.4 Å². The van der Waals surface area contributed by atoms with E-state index in [2.05, 4.69) is 26.2 Å². The number of hydrogen-bond acceptors (Lipinski definition) is 3. The van der Waals surface area contributed by atoms with Gasteiger partial charge in [0.15, 0.2) is 0 Å². The maximum atomic E-state index is 10.6. The van der Waals surface area contributed by atoms with Crippen LogP contribution in [0.4, 0.5) is 5.82 Å². The fraction of sp³-hybridized carbons (Fsp3) is 0.143. The molecule has 1 rings (SSSR count). The number of anilines is 1. The van der Waals surface area contributed by atoms with Crippen molar-refractivity contribution in [2.24, 2.45) is 0 Å². The maximum Gasteiger partial charge on any atom is 0.337 e. The summed E-state index contributed by atoms with van der Waals surface area (Å²) in [6, 6.07) is 1.46. The highest BCUT2D eigenvalue weighted by molar-refractivity contribution is 9.10. The summed E-state index contributed by atoms with van der Waals surface area (Å²) in [5.41, 5.74) is 0.203. The van der Waals surface area contributed by atoms with Gasteiger partial charge in [-0.25, -0.2) is 9.78 Å². The highest BCUT2D eigenvalue weighted by atomic mass is 79.9. The number of carboxylic acids is 1. The van der Waals surface area contributed by atoms with Gasteiger partial charge in [-0.3, -0.25) is 0 Å². The molecule has 0 bridgehead atoms. The van der Waals surface area contributed by atoms with Crippen LogP contribution in [0.3, 0.4) is 0 Å². The molecule has 0 unspecified atom stereocenters. The number of pyridine rings is 1. The molecule has 1 aromatic heterocycles. The Hall–Kier alpha value is -1.10. The van der Waals surface area contributed by atoms with Gasteiger partial charge in [-0.05, 0) is 22.0 Å². The van der Waals surface area contributed by atoms with Crippen LogP contribution >= 0.6 is 15.9 Å². The molecule has 0 saturated heterocycles. The summed E-state index contributed by atoms with van der Waals surface area (Å²) in [5, 5.41) is 11.5. The third-order valence-electron chi connectivity index (χ3n) is 1.34. The third kappa shape index (κ3) is 1.73. The smallest absolute Gasteiger partial charge is 0.337 e. The summed E-state index contributed by atoms with van der Waals surface area (Å²) >= 11 is 3.09. The zero-order valence-electron chi connectivity index (χ0n) is 6.34. The molecule has 1 aromatic rings. The van der Waals surface area contributed by atoms with Crippen LogP contribution in [0.2, 0.25) is 0 Å². The molecule has 0 spiro atoms. The van der Waals surface area contributed by atoms with Gasteiger partial charge in [-0.1, -0.05) is 0 Å². The number of hydrogen-bond donors (Lipinski definition) is 2. The van der Waals surface area contributed by atoms with Gasteiger partial charge >= 0.3 is 5.97 Å². The van der Waals surface area contributed by atoms with E-state index in [4.69, 9.17) is 5.11 Å². The van der Waals surface area contributed by atoms with Crippen molar-refractivity contribution >= 4 is 27.7 Å². The van der Waals surface area contributed by atoms with E-state index < -0.39 is 5.97 Å². The number of carboxylic acid groups (broad SMARTS) is 1. The Bertz CT molecular complexity index is 314. The molecule has 64 valence electrons. The Morgan fingerprint density at radius 1 is 1.75 bits per heavy atom. The van der Waals surface area contributed by atoms with Crippen LogP contribution < -0.4 is 5.32 Å². The van der Waals surface area contributed by atoms with E-state index in [0.29, 0.717) is 10.3 Å². The van der Waals surface area contributed by atoms with Crippen molar-refractivity contribution in [3.63, 3.8) is 0 Å². The lowest BCUT2D eigenvalue weighted by atomic mass is 10.2. The fourth-order valence-corrected chi connectivity index (χ4v) is 1.13. The second kappa shape index (κ2) is 3.53. The van der Waals surface area contributed by atoms with Crippen LogP contribution in [0.25, 0.3) is 0 Å². The van der Waals surface area contributed by atoms with Crippen molar-refractivity contribution in [2.75, 3.05) is 12.4 Å². The zero-order valence-corrected chi connectivity index (χ0v) is 7.92. The lowest BCUT2D eigenvalue weighted by molar-refractivity contribution is 0.0696. The predicted molar refractivity (Wildman–Crippen MR) is 48.4 cm³/mol. The molecule has 4 nitrogen and oxygen atoms in total. The lowest BCUT2D eigenvalue weighted by Crippen LogP contribution is -2.01. The first-order valence-electron chi connectivity index (χ1n) is 3.21. The summed E-state index contributed by atoms with van der Waals surface area (Å²) in [5.74, 6) is -0.434. The van der Waals surface area contributed by atoms with Crippen LogP contribution in [0, 0.1) is 0 Å². The minimum Gasteiger partial charge on any atom is -0.478 e. The van der Waals surface area contributed by atoms with Gasteiger partial charge < -0.3 is 10.4 Å². The third-order valence-corrected chi connectivity index (χ3v) is 1.97. The van der Waals surface area contributed by atoms with Gasteiger partial charge in [-0.2, -0.15) is 0 Å². The fourth-order valence-electron chi connectivity index (χ4n) is 0.739. The molecule has 12 heavy (non-hydrogen) atoms. The molecule has 0 aromatic carbocycles. The van der Waals surface area contributed by atoms with E-state index in [0.717, 1.165) is 0 Å². The van der Waals surface area contributed by atoms with Crippen molar-refractivity contribution < 1.29 is 9.90 Å². The SMILES string of the molecule is CNc1cc(C(=O)O)c(Br)cn1. The second-order valence-corrected chi connectivity index (χ2v) is 2.96. The minimum absolute atomic E-state index is 0.203. The Balaban J connectivity index is 3.17. The highest BCUT2D eigenvalue weighted by Crippen LogP contribution is 2.17. The number of halogens is 1. The van der Waals surface area contributed by atoms with E-state index in [1.165, 1.54) is 12.3 Å². The molecule has 0 aliphatic carbocycles. The number of rotatable bonds is 2. The Morgan fingerprint density at radius 3 is 2.92 bits per heavy atom. The van der Waals surface area contributed by atoms with Crippen LogP contribution in [0.15, 0.2) is 16.7 Å². The van der Waals surface area contributed by atoms with Gasteiger partial charge in [0.05, 0.1) is 10.0 Å². The quantitative estimate of drug-likeness (QED) is 0.811. The summed E-state index contributed by atoms with van der Waals surface area (Å²) < 4.78 is 0.481. The highest BCUT2D eigenvalue weighted by Gasteiger charge is 2.08. The van der Waals surface area contributed by atoms with E-state index in [1.54, 1.807) is 7.05 Å². The monoisotopic (exact) mass is 230 g/mol. The van der Waals surface area contributed by atoms with Gasteiger partial charge in [0.25, 0.3) is 0 Å². The number of aromatic carboxylic acids is 1. The van der Waals surface area contributed by atoms with Gasteiger partial charge in [0.1, 0.15) is 5.82 Å². The van der Waals surface area contributed by atoms with Gasteiger partial charge in [0, 0.05) is 13.2 Å². The Morgan fingerprint density at radius 2 is 2.42 bits per heavy atom. The average Bonchev–Trinajstić information content (AvgIpc) is 2.05. The number of nitrogens with zero attached hydrogens (tertiary/aromatic N) is 1. The van der Waals surface area contributed by atoms with E-state index in [1.807, 2.05) is 0 Å². The van der Waals surface area contributed by atoms with Crippen LogP contribution in [-0.2, 0) is 0 Å². The first-order valence-corrected chi connectivity index (χ1v) is 4.01.